The van der Waals surface area contributed by atoms with Crippen LogP contribution in [0, 0.1) is 5.82 Å². The van der Waals surface area contributed by atoms with Crippen molar-refractivity contribution in [3.05, 3.63) is 65.5 Å². The summed E-state index contributed by atoms with van der Waals surface area (Å²) in [4.78, 5) is 15.5. The van der Waals surface area contributed by atoms with Crippen LogP contribution in [0.2, 0.25) is 0 Å². The second-order valence-electron chi connectivity index (χ2n) is 8.70. The van der Waals surface area contributed by atoms with E-state index in [1.54, 1.807) is 0 Å². The second kappa shape index (κ2) is 8.14. The summed E-state index contributed by atoms with van der Waals surface area (Å²) >= 11 is 0. The van der Waals surface area contributed by atoms with E-state index in [4.69, 9.17) is 0 Å². The van der Waals surface area contributed by atoms with E-state index in [1.807, 2.05) is 40.7 Å². The van der Waals surface area contributed by atoms with Crippen LogP contribution in [0.4, 0.5) is 10.1 Å². The number of benzene rings is 2. The molecule has 3 fully saturated rings. The lowest BCUT2D eigenvalue weighted by Gasteiger charge is -2.39. The molecule has 4 atom stereocenters. The molecule has 2 unspecified atom stereocenters. The Morgan fingerprint density at radius 2 is 1.73 bits per heavy atom. The Bertz CT molecular complexity index is 950. The molecule has 6 heteroatoms. The Hall–Kier alpha value is -2.21. The largest absolute Gasteiger partial charge is 0.333 e. The minimum Gasteiger partial charge on any atom is -0.333 e. The molecular formula is C24H27FN2O2S. The molecule has 0 saturated carbocycles. The summed E-state index contributed by atoms with van der Waals surface area (Å²) in [7, 11) is -1.00. The molecule has 158 valence electrons. The van der Waals surface area contributed by atoms with Crippen molar-refractivity contribution in [3.8, 4) is 0 Å². The lowest BCUT2D eigenvalue weighted by Crippen LogP contribution is -2.46. The van der Waals surface area contributed by atoms with Crippen LogP contribution in [0.1, 0.15) is 60.4 Å². The SMILES string of the molecule is O=C(c1cccc(N2CCCCS2=O)c1)N1[C@@H]2CC[C@H]1CC(c1ccc(F)cc1)C2. The van der Waals surface area contributed by atoms with E-state index in [0.29, 0.717) is 17.2 Å². The molecule has 30 heavy (non-hydrogen) atoms. The lowest BCUT2D eigenvalue weighted by molar-refractivity contribution is 0.0571. The highest BCUT2D eigenvalue weighted by Crippen LogP contribution is 2.43. The number of halogens is 1. The third-order valence-corrected chi connectivity index (χ3v) is 8.39. The lowest BCUT2D eigenvalue weighted by atomic mass is 9.85. The van der Waals surface area contributed by atoms with Crippen LogP contribution < -0.4 is 4.31 Å². The van der Waals surface area contributed by atoms with Gasteiger partial charge in [0.2, 0.25) is 0 Å². The number of piperidine rings is 1. The fourth-order valence-corrected chi connectivity index (χ4v) is 6.75. The quantitative estimate of drug-likeness (QED) is 0.717. The molecule has 2 bridgehead atoms. The van der Waals surface area contributed by atoms with E-state index in [0.717, 1.165) is 50.8 Å². The van der Waals surface area contributed by atoms with Crippen molar-refractivity contribution in [1.29, 1.82) is 0 Å². The zero-order valence-electron chi connectivity index (χ0n) is 17.0. The van der Waals surface area contributed by atoms with E-state index in [-0.39, 0.29) is 23.8 Å². The van der Waals surface area contributed by atoms with Gasteiger partial charge < -0.3 is 4.90 Å². The number of anilines is 1. The molecule has 3 aliphatic rings. The number of carbonyl (C=O) groups excluding carboxylic acids is 1. The molecule has 2 aromatic carbocycles. The average Bonchev–Trinajstić information content (AvgIpc) is 3.03. The first-order valence-corrected chi connectivity index (χ1v) is 12.2. The summed E-state index contributed by atoms with van der Waals surface area (Å²) in [6.07, 6.45) is 5.96. The Kier molecular flexibility index (Phi) is 5.35. The first kappa shape index (κ1) is 19.7. The monoisotopic (exact) mass is 426 g/mol. The van der Waals surface area contributed by atoms with Crippen molar-refractivity contribution in [3.63, 3.8) is 0 Å². The highest BCUT2D eigenvalue weighted by Gasteiger charge is 2.43. The number of rotatable bonds is 3. The summed E-state index contributed by atoms with van der Waals surface area (Å²) < 4.78 is 27.6. The number of hydrogen-bond donors (Lipinski definition) is 0. The third-order valence-electron chi connectivity index (χ3n) is 6.87. The molecule has 2 aromatic rings. The Morgan fingerprint density at radius 1 is 1.00 bits per heavy atom. The van der Waals surface area contributed by atoms with Crippen LogP contribution in [0.25, 0.3) is 0 Å². The maximum atomic E-state index is 13.4. The number of carbonyl (C=O) groups is 1. The third kappa shape index (κ3) is 3.66. The van der Waals surface area contributed by atoms with E-state index in [2.05, 4.69) is 4.90 Å². The zero-order chi connectivity index (χ0) is 20.7. The highest BCUT2D eigenvalue weighted by molar-refractivity contribution is 7.86. The highest BCUT2D eigenvalue weighted by atomic mass is 32.2. The van der Waals surface area contributed by atoms with Crippen LogP contribution in [0.15, 0.2) is 48.5 Å². The standard InChI is InChI=1S/C24H27FN2O2S/c25-20-8-6-17(7-9-20)19-15-22-10-11-23(16-19)27(22)24(28)18-4-3-5-21(14-18)26-12-1-2-13-30(26)29/h3-9,14,19,22-23H,1-2,10-13,15-16H2/t19?,22-,23+,30?. The second-order valence-corrected chi connectivity index (χ2v) is 10.2. The van der Waals surface area contributed by atoms with Gasteiger partial charge in [-0.15, -0.1) is 0 Å². The molecule has 3 aliphatic heterocycles. The Labute approximate surface area is 179 Å². The first-order chi connectivity index (χ1) is 14.6. The van der Waals surface area contributed by atoms with Crippen molar-refractivity contribution in [2.24, 2.45) is 0 Å². The van der Waals surface area contributed by atoms with E-state index >= 15 is 0 Å². The molecule has 0 radical (unpaired) electrons. The topological polar surface area (TPSA) is 40.6 Å². The number of fused-ring (bicyclic) bond motifs is 2. The number of nitrogens with zero attached hydrogens (tertiary/aromatic N) is 2. The molecule has 4 nitrogen and oxygen atoms in total. The van der Waals surface area contributed by atoms with Gasteiger partial charge in [0.05, 0.1) is 5.69 Å². The summed E-state index contributed by atoms with van der Waals surface area (Å²) in [5.41, 5.74) is 2.75. The van der Waals surface area contributed by atoms with Crippen LogP contribution in [0.5, 0.6) is 0 Å². The van der Waals surface area contributed by atoms with Gasteiger partial charge in [0.15, 0.2) is 0 Å². The van der Waals surface area contributed by atoms with Crippen molar-refractivity contribution in [2.45, 2.75) is 56.5 Å². The molecular weight excluding hydrogens is 399 g/mol. The normalized spacial score (nSPS) is 28.6. The molecule has 3 heterocycles. The minimum atomic E-state index is -1.00. The minimum absolute atomic E-state index is 0.0877. The van der Waals surface area contributed by atoms with E-state index in [9.17, 15) is 13.4 Å². The predicted molar refractivity (Wildman–Crippen MR) is 117 cm³/mol. The fourth-order valence-electron chi connectivity index (χ4n) is 5.40. The smallest absolute Gasteiger partial charge is 0.254 e. The van der Waals surface area contributed by atoms with Gasteiger partial charge in [-0.3, -0.25) is 9.10 Å². The molecule has 5 rings (SSSR count). The van der Waals surface area contributed by atoms with Gasteiger partial charge in [-0.25, -0.2) is 8.60 Å². The Balaban J connectivity index is 1.34. The molecule has 0 N–H and O–H groups in total. The van der Waals surface area contributed by atoms with Gasteiger partial charge in [-0.1, -0.05) is 18.2 Å². The maximum absolute atomic E-state index is 13.4. The first-order valence-electron chi connectivity index (χ1n) is 10.9. The molecule has 1 amide bonds. The molecule has 0 aliphatic carbocycles. The zero-order valence-corrected chi connectivity index (χ0v) is 17.8. The van der Waals surface area contributed by atoms with Gasteiger partial charge >= 0.3 is 0 Å². The fraction of sp³-hybridized carbons (Fsp3) is 0.458. The van der Waals surface area contributed by atoms with Gasteiger partial charge in [-0.05, 0) is 80.3 Å². The van der Waals surface area contributed by atoms with Crippen molar-refractivity contribution in [2.75, 3.05) is 16.6 Å². The average molecular weight is 427 g/mol. The summed E-state index contributed by atoms with van der Waals surface area (Å²) in [6, 6.07) is 15.0. The van der Waals surface area contributed by atoms with E-state index < -0.39 is 11.0 Å². The number of amides is 1. The number of hydrogen-bond acceptors (Lipinski definition) is 2. The summed E-state index contributed by atoms with van der Waals surface area (Å²) in [5, 5.41) is 0. The van der Waals surface area contributed by atoms with Crippen molar-refractivity contribution < 1.29 is 13.4 Å². The van der Waals surface area contributed by atoms with Gasteiger partial charge in [0.1, 0.15) is 16.8 Å². The predicted octanol–water partition coefficient (Wildman–Crippen LogP) is 4.64. The van der Waals surface area contributed by atoms with Gasteiger partial charge in [0, 0.05) is 29.9 Å². The van der Waals surface area contributed by atoms with Crippen molar-refractivity contribution >= 4 is 22.6 Å². The van der Waals surface area contributed by atoms with Crippen LogP contribution >= 0.6 is 0 Å². The van der Waals surface area contributed by atoms with Gasteiger partial charge in [0.25, 0.3) is 5.91 Å². The molecule has 3 saturated heterocycles. The van der Waals surface area contributed by atoms with E-state index in [1.165, 1.54) is 17.7 Å². The molecule has 0 aromatic heterocycles. The van der Waals surface area contributed by atoms with Crippen LogP contribution in [-0.2, 0) is 11.0 Å². The van der Waals surface area contributed by atoms with Crippen molar-refractivity contribution in [1.82, 2.24) is 4.90 Å². The van der Waals surface area contributed by atoms with Gasteiger partial charge in [-0.2, -0.15) is 0 Å². The van der Waals surface area contributed by atoms with Crippen LogP contribution in [-0.4, -0.2) is 39.4 Å². The summed E-state index contributed by atoms with van der Waals surface area (Å²) in [5.74, 6) is 0.960. The summed E-state index contributed by atoms with van der Waals surface area (Å²) in [6.45, 7) is 0.776. The molecule has 0 spiro atoms. The van der Waals surface area contributed by atoms with Crippen LogP contribution in [0.3, 0.4) is 0 Å². The maximum Gasteiger partial charge on any atom is 0.254 e. The Morgan fingerprint density at radius 3 is 2.43 bits per heavy atom.